The molecule has 1 spiro atoms. The molecule has 1 saturated heterocycles. The van der Waals surface area contributed by atoms with Gasteiger partial charge >= 0.3 is 0 Å². The topological polar surface area (TPSA) is 51.3 Å². The number of para-hydroxylation sites is 1. The Morgan fingerprint density at radius 1 is 1.19 bits per heavy atom. The molecule has 5 heteroatoms. The summed E-state index contributed by atoms with van der Waals surface area (Å²) < 4.78 is 12.0. The van der Waals surface area contributed by atoms with Crippen molar-refractivity contribution in [1.82, 2.24) is 4.98 Å². The third kappa shape index (κ3) is 2.01. The molecule has 1 N–H and O–H groups in total. The molecule has 0 amide bonds. The molecule has 1 aliphatic carbocycles. The largest absolute Gasteiger partial charge is 0.496 e. The number of rotatable bonds is 1. The van der Waals surface area contributed by atoms with Crippen LogP contribution >= 0.6 is 15.9 Å². The van der Waals surface area contributed by atoms with Crippen LogP contribution in [0, 0.1) is 0 Å². The Labute approximate surface area is 159 Å². The maximum absolute atomic E-state index is 13.4. The van der Waals surface area contributed by atoms with Crippen LogP contribution in [0.15, 0.2) is 40.9 Å². The second-order valence-corrected chi connectivity index (χ2v) is 7.83. The van der Waals surface area contributed by atoms with Gasteiger partial charge < -0.3 is 14.5 Å². The molecule has 132 valence electrons. The van der Waals surface area contributed by atoms with Gasteiger partial charge in [-0.2, -0.15) is 0 Å². The molecule has 2 heterocycles. The second-order valence-electron chi connectivity index (χ2n) is 6.98. The number of H-pyrrole nitrogens is 1. The number of carbonyl (C=O) groups excluding carboxylic acids is 1. The van der Waals surface area contributed by atoms with Gasteiger partial charge in [-0.15, -0.1) is 0 Å². The van der Waals surface area contributed by atoms with E-state index in [4.69, 9.17) is 9.47 Å². The van der Waals surface area contributed by atoms with Gasteiger partial charge in [0, 0.05) is 40.8 Å². The number of carbonyl (C=O) groups is 1. The Morgan fingerprint density at radius 3 is 2.73 bits per heavy atom. The Hall–Kier alpha value is -2.11. The van der Waals surface area contributed by atoms with Crippen LogP contribution in [0.3, 0.4) is 0 Å². The van der Waals surface area contributed by atoms with Gasteiger partial charge in [-0.05, 0) is 52.5 Å². The average Bonchev–Trinajstić information content (AvgIpc) is 3.07. The first kappa shape index (κ1) is 16.1. The summed E-state index contributed by atoms with van der Waals surface area (Å²) in [7, 11) is 1.65. The van der Waals surface area contributed by atoms with Crippen molar-refractivity contribution in [1.29, 1.82) is 0 Å². The number of methoxy groups -OCH3 is 1. The van der Waals surface area contributed by atoms with Crippen LogP contribution in [0.5, 0.6) is 5.75 Å². The number of ether oxygens (including phenoxy) is 2. The third-order valence-electron chi connectivity index (χ3n) is 5.81. The minimum atomic E-state index is -0.246. The number of aromatic amines is 1. The molecule has 5 rings (SSSR count). The van der Waals surface area contributed by atoms with Crippen LogP contribution in [-0.2, 0) is 10.2 Å². The van der Waals surface area contributed by atoms with Gasteiger partial charge in [0.15, 0.2) is 5.78 Å². The zero-order valence-corrected chi connectivity index (χ0v) is 16.0. The summed E-state index contributed by atoms with van der Waals surface area (Å²) >= 11 is 3.55. The van der Waals surface area contributed by atoms with Crippen LogP contribution in [0.1, 0.15) is 40.0 Å². The molecular formula is C21H18BrNO3. The van der Waals surface area contributed by atoms with Crippen LogP contribution < -0.4 is 4.74 Å². The Kier molecular flexibility index (Phi) is 3.52. The fourth-order valence-corrected chi connectivity index (χ4v) is 5.04. The number of benzene rings is 2. The van der Waals surface area contributed by atoms with Crippen molar-refractivity contribution in [3.63, 3.8) is 0 Å². The van der Waals surface area contributed by atoms with Crippen molar-refractivity contribution in [2.45, 2.75) is 18.3 Å². The molecule has 26 heavy (non-hydrogen) atoms. The van der Waals surface area contributed by atoms with Crippen molar-refractivity contribution in [2.75, 3.05) is 20.3 Å². The van der Waals surface area contributed by atoms with Gasteiger partial charge in [0.2, 0.25) is 0 Å². The Bertz CT molecular complexity index is 1050. The lowest BCUT2D eigenvalue weighted by Crippen LogP contribution is -2.40. The molecule has 4 nitrogen and oxygen atoms in total. The predicted octanol–water partition coefficient (Wildman–Crippen LogP) is 4.58. The molecule has 0 bridgehead atoms. The van der Waals surface area contributed by atoms with E-state index in [1.165, 1.54) is 0 Å². The van der Waals surface area contributed by atoms with Gasteiger partial charge in [0.1, 0.15) is 5.75 Å². The first-order valence-corrected chi connectivity index (χ1v) is 9.56. The molecule has 1 aromatic heterocycles. The standard InChI is InChI=1S/C21H18BrNO3/c1-25-17-11-14-13(10-15(17)22)19(24)18-12-4-2-3-5-16(12)23-20(18)21(14)6-8-26-9-7-21/h2-5,10-11,23H,6-9H2,1H3. The number of nitrogens with one attached hydrogen (secondary N) is 1. The fourth-order valence-electron chi connectivity index (χ4n) is 4.54. The number of fused-ring (bicyclic) bond motifs is 6. The predicted molar refractivity (Wildman–Crippen MR) is 103 cm³/mol. The zero-order valence-electron chi connectivity index (χ0n) is 14.4. The van der Waals surface area contributed by atoms with E-state index in [-0.39, 0.29) is 11.2 Å². The lowest BCUT2D eigenvalue weighted by molar-refractivity contribution is 0.0601. The van der Waals surface area contributed by atoms with Crippen molar-refractivity contribution < 1.29 is 14.3 Å². The van der Waals surface area contributed by atoms with Crippen LogP contribution in [0.25, 0.3) is 10.9 Å². The van der Waals surface area contributed by atoms with E-state index in [9.17, 15) is 4.79 Å². The quantitative estimate of drug-likeness (QED) is 0.637. The minimum absolute atomic E-state index is 0.0768. The smallest absolute Gasteiger partial charge is 0.195 e. The van der Waals surface area contributed by atoms with Crippen molar-refractivity contribution in [3.05, 3.63) is 63.3 Å². The molecule has 1 aliphatic heterocycles. The van der Waals surface area contributed by atoms with Crippen molar-refractivity contribution in [2.24, 2.45) is 0 Å². The molecule has 2 aromatic carbocycles. The zero-order chi connectivity index (χ0) is 17.9. The molecule has 0 atom stereocenters. The third-order valence-corrected chi connectivity index (χ3v) is 6.43. The van der Waals surface area contributed by atoms with Gasteiger partial charge in [-0.3, -0.25) is 4.79 Å². The number of ketones is 1. The average molecular weight is 412 g/mol. The minimum Gasteiger partial charge on any atom is -0.496 e. The molecule has 1 fully saturated rings. The molecule has 0 unspecified atom stereocenters. The highest BCUT2D eigenvalue weighted by Gasteiger charge is 2.47. The number of hydrogen-bond acceptors (Lipinski definition) is 3. The van der Waals surface area contributed by atoms with Crippen molar-refractivity contribution >= 4 is 32.6 Å². The van der Waals surface area contributed by atoms with Crippen LogP contribution in [0.4, 0.5) is 0 Å². The maximum atomic E-state index is 13.4. The lowest BCUT2D eigenvalue weighted by Gasteiger charge is -2.41. The Morgan fingerprint density at radius 2 is 1.96 bits per heavy atom. The van der Waals surface area contributed by atoms with E-state index in [1.54, 1.807) is 7.11 Å². The summed E-state index contributed by atoms with van der Waals surface area (Å²) in [4.78, 5) is 17.0. The number of halogens is 1. The summed E-state index contributed by atoms with van der Waals surface area (Å²) in [5, 5.41) is 0.996. The Balaban J connectivity index is 1.88. The monoisotopic (exact) mass is 411 g/mol. The lowest BCUT2D eigenvalue weighted by atomic mass is 9.64. The van der Waals surface area contributed by atoms with E-state index in [0.29, 0.717) is 13.2 Å². The van der Waals surface area contributed by atoms with Gasteiger partial charge in [0.05, 0.1) is 17.1 Å². The fraction of sp³-hybridized carbons (Fsp3) is 0.286. The summed E-state index contributed by atoms with van der Waals surface area (Å²) in [5.41, 5.74) is 4.41. The molecular weight excluding hydrogens is 394 g/mol. The van der Waals surface area contributed by atoms with Gasteiger partial charge in [-0.25, -0.2) is 0 Å². The molecule has 0 radical (unpaired) electrons. The SMILES string of the molecule is COc1cc2c(cc1Br)C(=O)c1c([nH]c3ccccc13)C21CCOCC1. The van der Waals surface area contributed by atoms with E-state index in [0.717, 1.165) is 56.4 Å². The first-order chi connectivity index (χ1) is 12.7. The van der Waals surface area contributed by atoms with Gasteiger partial charge in [0.25, 0.3) is 0 Å². The van der Waals surface area contributed by atoms with E-state index in [1.807, 2.05) is 36.4 Å². The summed E-state index contributed by atoms with van der Waals surface area (Å²) in [5.74, 6) is 0.829. The normalized spacial score (nSPS) is 18.0. The van der Waals surface area contributed by atoms with E-state index in [2.05, 4.69) is 20.9 Å². The van der Waals surface area contributed by atoms with E-state index >= 15 is 0 Å². The first-order valence-electron chi connectivity index (χ1n) is 8.77. The molecule has 0 saturated carbocycles. The summed E-state index contributed by atoms with van der Waals surface area (Å²) in [6, 6.07) is 12.0. The van der Waals surface area contributed by atoms with Crippen LogP contribution in [-0.4, -0.2) is 31.1 Å². The van der Waals surface area contributed by atoms with Crippen LogP contribution in [0.2, 0.25) is 0 Å². The van der Waals surface area contributed by atoms with Gasteiger partial charge in [-0.1, -0.05) is 18.2 Å². The number of hydrogen-bond donors (Lipinski definition) is 1. The highest BCUT2D eigenvalue weighted by atomic mass is 79.9. The summed E-state index contributed by atoms with van der Waals surface area (Å²) in [6.45, 7) is 1.36. The molecule has 2 aliphatic rings. The molecule has 3 aromatic rings. The van der Waals surface area contributed by atoms with E-state index < -0.39 is 0 Å². The second kappa shape index (κ2) is 5.69. The van der Waals surface area contributed by atoms with Crippen molar-refractivity contribution in [3.8, 4) is 5.75 Å². The summed E-state index contributed by atoms with van der Waals surface area (Å²) in [6.07, 6.45) is 1.69. The number of aromatic nitrogens is 1. The highest BCUT2D eigenvalue weighted by molar-refractivity contribution is 9.10. The highest BCUT2D eigenvalue weighted by Crippen LogP contribution is 2.51. The maximum Gasteiger partial charge on any atom is 0.195 e.